The van der Waals surface area contributed by atoms with Gasteiger partial charge in [0.1, 0.15) is 18.0 Å². The maximum atomic E-state index is 8.92. The summed E-state index contributed by atoms with van der Waals surface area (Å²) in [4.78, 5) is 3.85. The average molecular weight is 227 g/mol. The van der Waals surface area contributed by atoms with Crippen LogP contribution in [0.5, 0.6) is 0 Å². The highest BCUT2D eigenvalue weighted by Crippen LogP contribution is 2.05. The van der Waals surface area contributed by atoms with E-state index < -0.39 is 0 Å². The number of hydrogen-bond acceptors (Lipinski definition) is 5. The molecule has 0 unspecified atom stereocenters. The van der Waals surface area contributed by atoms with Crippen LogP contribution in [0.3, 0.4) is 0 Å². The van der Waals surface area contributed by atoms with Crippen LogP contribution in [0.1, 0.15) is 11.4 Å². The summed E-state index contributed by atoms with van der Waals surface area (Å²) >= 11 is 0. The number of imidazole rings is 1. The van der Waals surface area contributed by atoms with Gasteiger partial charge >= 0.3 is 0 Å². The molecule has 2 aromatic heterocycles. The number of nitrogens with two attached hydrogens (primary N) is 1. The minimum Gasteiger partial charge on any atom is -0.382 e. The number of anilines is 1. The predicted octanol–water partition coefficient (Wildman–Crippen LogP) is 0.105. The van der Waals surface area contributed by atoms with Crippen LogP contribution in [-0.2, 0) is 13.1 Å². The Hall–Kier alpha value is -2.80. The third-order valence-corrected chi connectivity index (χ3v) is 2.28. The molecule has 0 bridgehead atoms. The van der Waals surface area contributed by atoms with E-state index in [0.29, 0.717) is 18.9 Å². The lowest BCUT2D eigenvalue weighted by Crippen LogP contribution is -2.09. The van der Waals surface area contributed by atoms with Crippen molar-refractivity contribution < 1.29 is 0 Å². The Morgan fingerprint density at radius 3 is 2.71 bits per heavy atom. The molecule has 0 amide bonds. The Labute approximate surface area is 97.3 Å². The van der Waals surface area contributed by atoms with Crippen molar-refractivity contribution in [3.05, 3.63) is 30.0 Å². The summed E-state index contributed by atoms with van der Waals surface area (Å²) in [5, 5.41) is 21.7. The van der Waals surface area contributed by atoms with E-state index in [1.54, 1.807) is 21.5 Å². The van der Waals surface area contributed by atoms with Gasteiger partial charge in [0, 0.05) is 12.7 Å². The summed E-state index contributed by atoms with van der Waals surface area (Å²) in [7, 11) is 0. The van der Waals surface area contributed by atoms with Gasteiger partial charge < -0.3 is 10.3 Å². The fourth-order valence-corrected chi connectivity index (χ4v) is 1.46. The van der Waals surface area contributed by atoms with Crippen LogP contribution >= 0.6 is 0 Å². The molecule has 2 rings (SSSR count). The van der Waals surface area contributed by atoms with Crippen molar-refractivity contribution >= 4 is 5.82 Å². The zero-order valence-electron chi connectivity index (χ0n) is 8.91. The van der Waals surface area contributed by atoms with Crippen molar-refractivity contribution in [2.45, 2.75) is 13.1 Å². The zero-order chi connectivity index (χ0) is 12.3. The van der Waals surface area contributed by atoms with Crippen LogP contribution in [0.4, 0.5) is 5.82 Å². The van der Waals surface area contributed by atoms with E-state index in [1.165, 1.54) is 6.33 Å². The molecule has 0 aliphatic heterocycles. The summed E-state index contributed by atoms with van der Waals surface area (Å²) in [6, 6.07) is 5.53. The van der Waals surface area contributed by atoms with Crippen LogP contribution in [0.15, 0.2) is 18.6 Å². The molecule has 0 aliphatic rings. The van der Waals surface area contributed by atoms with Gasteiger partial charge in [0.15, 0.2) is 11.4 Å². The smallest absolute Gasteiger partial charge is 0.176 e. The van der Waals surface area contributed by atoms with Crippen molar-refractivity contribution in [3.63, 3.8) is 0 Å². The van der Waals surface area contributed by atoms with Crippen molar-refractivity contribution in [1.82, 2.24) is 19.3 Å². The quantitative estimate of drug-likeness (QED) is 0.799. The SMILES string of the molecule is N#Cc1ncn(CCn2ccc(N)n2)c1C#N. The number of aryl methyl sites for hydroxylation is 2. The molecule has 2 aromatic rings. The molecule has 7 heteroatoms. The fourth-order valence-electron chi connectivity index (χ4n) is 1.46. The second-order valence-electron chi connectivity index (χ2n) is 3.36. The first-order chi connectivity index (χ1) is 8.24. The number of nitriles is 2. The van der Waals surface area contributed by atoms with Gasteiger partial charge in [-0.2, -0.15) is 15.6 Å². The number of rotatable bonds is 3. The van der Waals surface area contributed by atoms with Crippen LogP contribution < -0.4 is 5.73 Å². The first kappa shape index (κ1) is 10.7. The first-order valence-electron chi connectivity index (χ1n) is 4.89. The highest BCUT2D eigenvalue weighted by Gasteiger charge is 2.09. The Kier molecular flexibility index (Phi) is 2.75. The molecule has 17 heavy (non-hydrogen) atoms. The summed E-state index contributed by atoms with van der Waals surface area (Å²) < 4.78 is 3.29. The molecule has 0 spiro atoms. The largest absolute Gasteiger partial charge is 0.382 e. The van der Waals surface area contributed by atoms with Gasteiger partial charge in [0.25, 0.3) is 0 Å². The molecule has 0 aromatic carbocycles. The van der Waals surface area contributed by atoms with Crippen LogP contribution in [0.25, 0.3) is 0 Å². The third kappa shape index (κ3) is 2.08. The molecule has 0 saturated carbocycles. The van der Waals surface area contributed by atoms with Crippen LogP contribution in [0, 0.1) is 22.7 Å². The minimum atomic E-state index is 0.146. The van der Waals surface area contributed by atoms with E-state index in [1.807, 2.05) is 12.1 Å². The summed E-state index contributed by atoms with van der Waals surface area (Å²) in [5.41, 5.74) is 5.90. The summed E-state index contributed by atoms with van der Waals surface area (Å²) in [6.07, 6.45) is 3.23. The molecule has 0 saturated heterocycles. The average Bonchev–Trinajstić information content (AvgIpc) is 2.91. The zero-order valence-corrected chi connectivity index (χ0v) is 8.91. The van der Waals surface area contributed by atoms with Gasteiger partial charge in [0.2, 0.25) is 0 Å². The van der Waals surface area contributed by atoms with E-state index >= 15 is 0 Å². The molecule has 84 valence electrons. The molecule has 0 aliphatic carbocycles. The Balaban J connectivity index is 2.13. The lowest BCUT2D eigenvalue weighted by Gasteiger charge is -2.03. The number of nitrogens with zero attached hydrogens (tertiary/aromatic N) is 6. The molecule has 2 heterocycles. The van der Waals surface area contributed by atoms with Gasteiger partial charge in [-0.25, -0.2) is 4.98 Å². The van der Waals surface area contributed by atoms with E-state index in [9.17, 15) is 0 Å². The molecule has 7 nitrogen and oxygen atoms in total. The maximum absolute atomic E-state index is 8.92. The van der Waals surface area contributed by atoms with E-state index in [4.69, 9.17) is 16.3 Å². The third-order valence-electron chi connectivity index (χ3n) is 2.28. The fraction of sp³-hybridized carbons (Fsp3) is 0.200. The van der Waals surface area contributed by atoms with Gasteiger partial charge in [-0.05, 0) is 6.07 Å². The predicted molar refractivity (Wildman–Crippen MR) is 58.3 cm³/mol. The summed E-state index contributed by atoms with van der Waals surface area (Å²) in [6.45, 7) is 1.08. The van der Waals surface area contributed by atoms with Crippen molar-refractivity contribution in [3.8, 4) is 12.1 Å². The van der Waals surface area contributed by atoms with Crippen LogP contribution in [0.2, 0.25) is 0 Å². The van der Waals surface area contributed by atoms with Crippen molar-refractivity contribution in [1.29, 1.82) is 10.5 Å². The number of nitrogen functional groups attached to an aromatic ring is 1. The topological polar surface area (TPSA) is 109 Å². The minimum absolute atomic E-state index is 0.146. The monoisotopic (exact) mass is 227 g/mol. The first-order valence-corrected chi connectivity index (χ1v) is 4.89. The van der Waals surface area contributed by atoms with Gasteiger partial charge in [-0.3, -0.25) is 4.68 Å². The second kappa shape index (κ2) is 4.37. The van der Waals surface area contributed by atoms with E-state index in [2.05, 4.69) is 10.1 Å². The molecule has 2 N–H and O–H groups in total. The van der Waals surface area contributed by atoms with E-state index in [-0.39, 0.29) is 11.4 Å². The number of aromatic nitrogens is 4. The lowest BCUT2D eigenvalue weighted by atomic mass is 10.3. The normalized spacial score (nSPS) is 9.76. The van der Waals surface area contributed by atoms with Crippen LogP contribution in [-0.4, -0.2) is 19.3 Å². The lowest BCUT2D eigenvalue weighted by molar-refractivity contribution is 0.532. The highest BCUT2D eigenvalue weighted by molar-refractivity contribution is 5.35. The summed E-state index contributed by atoms with van der Waals surface area (Å²) in [5.74, 6) is 0.453. The Morgan fingerprint density at radius 2 is 2.12 bits per heavy atom. The number of hydrogen-bond donors (Lipinski definition) is 1. The van der Waals surface area contributed by atoms with Crippen molar-refractivity contribution in [2.24, 2.45) is 0 Å². The molecular weight excluding hydrogens is 218 g/mol. The van der Waals surface area contributed by atoms with Crippen molar-refractivity contribution in [2.75, 3.05) is 5.73 Å². The van der Waals surface area contributed by atoms with Gasteiger partial charge in [0.05, 0.1) is 12.9 Å². The maximum Gasteiger partial charge on any atom is 0.176 e. The second-order valence-corrected chi connectivity index (χ2v) is 3.36. The molecule has 0 atom stereocenters. The van der Waals surface area contributed by atoms with Gasteiger partial charge in [-0.1, -0.05) is 0 Å². The Bertz CT molecular complexity index is 607. The van der Waals surface area contributed by atoms with Gasteiger partial charge in [-0.15, -0.1) is 0 Å². The highest BCUT2D eigenvalue weighted by atomic mass is 15.3. The standard InChI is InChI=1S/C10H9N7/c11-5-8-9(6-12)16(7-14-8)3-4-17-2-1-10(13)15-17/h1-2,7H,3-4H2,(H2,13,15). The molecular formula is C10H9N7. The van der Waals surface area contributed by atoms with E-state index in [0.717, 1.165) is 0 Å². The Morgan fingerprint density at radius 1 is 1.29 bits per heavy atom. The molecule has 0 radical (unpaired) electrons. The molecule has 0 fully saturated rings.